The highest BCUT2D eigenvalue weighted by Crippen LogP contribution is 2.46. The van der Waals surface area contributed by atoms with E-state index in [1.807, 2.05) is 24.3 Å². The van der Waals surface area contributed by atoms with Crippen molar-refractivity contribution in [2.24, 2.45) is 0 Å². The Labute approximate surface area is 243 Å². The third kappa shape index (κ3) is 6.92. The van der Waals surface area contributed by atoms with Gasteiger partial charge in [-0.3, -0.25) is 14.7 Å². The van der Waals surface area contributed by atoms with Gasteiger partial charge in [0.25, 0.3) is 0 Å². The Bertz CT molecular complexity index is 1210. The first-order valence-electron chi connectivity index (χ1n) is 14.9. The van der Waals surface area contributed by atoms with E-state index in [-0.39, 0.29) is 13.2 Å². The quantitative estimate of drug-likeness (QED) is 0.331. The zero-order chi connectivity index (χ0) is 28.0. The fourth-order valence-corrected chi connectivity index (χ4v) is 6.34. The van der Waals surface area contributed by atoms with Crippen LogP contribution < -0.4 is 14.8 Å². The van der Waals surface area contributed by atoms with Crippen LogP contribution in [-0.2, 0) is 0 Å². The maximum atomic E-state index is 10.7. The molecule has 2 heterocycles. The van der Waals surface area contributed by atoms with E-state index in [0.29, 0.717) is 30.6 Å². The number of nitrogens with one attached hydrogen (secondary N) is 1. The zero-order valence-corrected chi connectivity index (χ0v) is 23.7. The summed E-state index contributed by atoms with van der Waals surface area (Å²) in [7, 11) is 0. The maximum Gasteiger partial charge on any atom is 0.119 e. The number of piperazine rings is 2. The molecular weight excluding hydrogens is 516 g/mol. The second-order valence-corrected chi connectivity index (χ2v) is 11.4. The van der Waals surface area contributed by atoms with E-state index < -0.39 is 12.2 Å². The van der Waals surface area contributed by atoms with Crippen molar-refractivity contribution in [3.05, 3.63) is 83.9 Å². The highest BCUT2D eigenvalue weighted by atomic mass is 16.5. The molecular formula is C33H42N4O4. The van der Waals surface area contributed by atoms with Crippen LogP contribution >= 0.6 is 0 Å². The Hall–Kier alpha value is -2.98. The Morgan fingerprint density at radius 2 is 1.10 bits per heavy atom. The van der Waals surface area contributed by atoms with Crippen molar-refractivity contribution in [1.82, 2.24) is 20.0 Å². The van der Waals surface area contributed by atoms with Crippen LogP contribution in [0.25, 0.3) is 11.1 Å². The molecule has 0 radical (unpaired) electrons. The predicted octanol–water partition coefficient (Wildman–Crippen LogP) is 2.46. The molecule has 0 aromatic heterocycles. The summed E-state index contributed by atoms with van der Waals surface area (Å²) in [6, 6.07) is 25.2. The molecule has 2 aliphatic heterocycles. The van der Waals surface area contributed by atoms with Gasteiger partial charge in [0.2, 0.25) is 0 Å². The number of ether oxygens (including phenoxy) is 2. The highest BCUT2D eigenvalue weighted by Gasteiger charge is 2.34. The van der Waals surface area contributed by atoms with Gasteiger partial charge in [0.15, 0.2) is 0 Å². The van der Waals surface area contributed by atoms with E-state index >= 15 is 0 Å². The molecule has 218 valence electrons. The van der Waals surface area contributed by atoms with Crippen molar-refractivity contribution in [3.8, 4) is 22.6 Å². The van der Waals surface area contributed by atoms with E-state index in [1.165, 1.54) is 22.3 Å². The van der Waals surface area contributed by atoms with E-state index in [4.69, 9.17) is 9.47 Å². The van der Waals surface area contributed by atoms with Crippen LogP contribution in [0, 0.1) is 0 Å². The Kier molecular flexibility index (Phi) is 9.16. The summed E-state index contributed by atoms with van der Waals surface area (Å²) in [6.45, 7) is 9.33. The number of hydrogen-bond acceptors (Lipinski definition) is 8. The Balaban J connectivity index is 0.921. The summed E-state index contributed by atoms with van der Waals surface area (Å²) in [6.07, 6.45) is -1.09. The van der Waals surface area contributed by atoms with Crippen LogP contribution in [0.1, 0.15) is 17.2 Å². The lowest BCUT2D eigenvalue weighted by molar-refractivity contribution is 0.0404. The van der Waals surface area contributed by atoms with E-state index in [1.54, 1.807) is 0 Å². The minimum absolute atomic E-state index is 0.243. The van der Waals surface area contributed by atoms with E-state index in [9.17, 15) is 10.2 Å². The first-order chi connectivity index (χ1) is 20.1. The first kappa shape index (κ1) is 28.2. The number of nitrogens with zero attached hydrogens (tertiary/aromatic N) is 3. The highest BCUT2D eigenvalue weighted by molar-refractivity contribution is 5.78. The molecule has 3 aliphatic rings. The van der Waals surface area contributed by atoms with Crippen molar-refractivity contribution in [3.63, 3.8) is 0 Å². The molecule has 2 atom stereocenters. The summed E-state index contributed by atoms with van der Waals surface area (Å²) >= 11 is 0. The number of aliphatic hydroxyl groups is 2. The second kappa shape index (κ2) is 13.3. The van der Waals surface area contributed by atoms with Gasteiger partial charge in [-0.25, -0.2) is 0 Å². The Morgan fingerprint density at radius 3 is 1.61 bits per heavy atom. The van der Waals surface area contributed by atoms with Crippen LogP contribution in [0.15, 0.2) is 72.8 Å². The van der Waals surface area contributed by atoms with Crippen molar-refractivity contribution in [2.75, 3.05) is 78.7 Å². The van der Waals surface area contributed by atoms with Gasteiger partial charge in [-0.15, -0.1) is 0 Å². The monoisotopic (exact) mass is 558 g/mol. The third-order valence-electron chi connectivity index (χ3n) is 8.43. The third-order valence-corrected chi connectivity index (χ3v) is 8.43. The summed E-state index contributed by atoms with van der Waals surface area (Å²) in [5.41, 5.74) is 5.51. The molecule has 3 aromatic carbocycles. The number of benzene rings is 3. The van der Waals surface area contributed by atoms with Crippen LogP contribution in [0.4, 0.5) is 0 Å². The van der Waals surface area contributed by atoms with Gasteiger partial charge in [-0.05, 0) is 46.5 Å². The number of rotatable bonds is 11. The molecule has 41 heavy (non-hydrogen) atoms. The zero-order valence-electron chi connectivity index (χ0n) is 23.7. The van der Waals surface area contributed by atoms with Crippen LogP contribution in [0.3, 0.4) is 0 Å². The minimum atomic E-state index is -0.564. The lowest BCUT2D eigenvalue weighted by Crippen LogP contribution is -2.50. The molecule has 0 bridgehead atoms. The van der Waals surface area contributed by atoms with Gasteiger partial charge < -0.3 is 25.0 Å². The molecule has 2 unspecified atom stereocenters. The summed E-state index contributed by atoms with van der Waals surface area (Å²) in [5.74, 6) is 1.39. The molecule has 8 heteroatoms. The molecule has 6 rings (SSSR count). The largest absolute Gasteiger partial charge is 0.491 e. The predicted molar refractivity (Wildman–Crippen MR) is 160 cm³/mol. The van der Waals surface area contributed by atoms with Crippen LogP contribution in [-0.4, -0.2) is 116 Å². The van der Waals surface area contributed by atoms with Gasteiger partial charge in [0.05, 0.1) is 6.04 Å². The minimum Gasteiger partial charge on any atom is -0.491 e. The molecule has 3 N–H and O–H groups in total. The average Bonchev–Trinajstić information content (AvgIpc) is 3.35. The molecule has 0 saturated carbocycles. The standard InChI is InChI=1S/C33H42N4O4/c38-25(21-35-15-13-34-14-16-35)23-40-27-9-11-28(12-10-27)41-24-26(39)22-36-17-19-37(20-18-36)33-31-7-3-1-5-29(31)30-6-2-4-8-32(30)33/h1-12,25-26,33-34,38-39H,13-24H2. The topological polar surface area (TPSA) is 80.7 Å². The molecule has 0 amide bonds. The van der Waals surface area contributed by atoms with Gasteiger partial charge in [0.1, 0.15) is 36.9 Å². The SMILES string of the molecule is OC(COc1ccc(OCC(O)CN2CCN(C3c4ccccc4-c4ccccc43)CC2)cc1)CN1CCNCC1. The van der Waals surface area contributed by atoms with Gasteiger partial charge in [-0.2, -0.15) is 0 Å². The summed E-state index contributed by atoms with van der Waals surface area (Å²) in [4.78, 5) is 7.16. The second-order valence-electron chi connectivity index (χ2n) is 11.4. The van der Waals surface area contributed by atoms with Crippen molar-refractivity contribution >= 4 is 0 Å². The van der Waals surface area contributed by atoms with Crippen LogP contribution in [0.5, 0.6) is 11.5 Å². The van der Waals surface area contributed by atoms with Crippen molar-refractivity contribution in [2.45, 2.75) is 18.2 Å². The summed E-state index contributed by atoms with van der Waals surface area (Å²) < 4.78 is 11.6. The number of aliphatic hydroxyl groups excluding tert-OH is 2. The maximum absolute atomic E-state index is 10.7. The number of fused-ring (bicyclic) bond motifs is 3. The van der Waals surface area contributed by atoms with Crippen molar-refractivity contribution < 1.29 is 19.7 Å². The molecule has 0 spiro atoms. The fraction of sp³-hybridized carbons (Fsp3) is 0.455. The normalized spacial score (nSPS) is 19.9. The first-order valence-corrected chi connectivity index (χ1v) is 14.9. The average molecular weight is 559 g/mol. The Morgan fingerprint density at radius 1 is 0.634 bits per heavy atom. The van der Waals surface area contributed by atoms with Gasteiger partial charge in [-0.1, -0.05) is 48.5 Å². The number of β-amino-alcohol motifs (C(OH)–C–C–N with tert-alkyl or cyclic N) is 2. The number of hydrogen-bond donors (Lipinski definition) is 3. The smallest absolute Gasteiger partial charge is 0.119 e. The molecule has 3 aromatic rings. The lowest BCUT2D eigenvalue weighted by atomic mass is 10.0. The fourth-order valence-electron chi connectivity index (χ4n) is 6.34. The lowest BCUT2D eigenvalue weighted by Gasteiger charge is -2.39. The van der Waals surface area contributed by atoms with Gasteiger partial charge >= 0.3 is 0 Å². The summed E-state index contributed by atoms with van der Waals surface area (Å²) in [5, 5.41) is 24.3. The molecule has 2 fully saturated rings. The van der Waals surface area contributed by atoms with Crippen molar-refractivity contribution in [1.29, 1.82) is 0 Å². The van der Waals surface area contributed by atoms with E-state index in [2.05, 4.69) is 68.5 Å². The van der Waals surface area contributed by atoms with Gasteiger partial charge in [0, 0.05) is 65.4 Å². The van der Waals surface area contributed by atoms with E-state index in [0.717, 1.165) is 52.4 Å². The van der Waals surface area contributed by atoms with Crippen LogP contribution in [0.2, 0.25) is 0 Å². The molecule has 2 saturated heterocycles. The molecule has 1 aliphatic carbocycles. The molecule has 8 nitrogen and oxygen atoms in total.